The maximum atomic E-state index is 12.9. The number of phenols is 1. The minimum absolute atomic E-state index is 0.0225. The van der Waals surface area contributed by atoms with E-state index in [1.54, 1.807) is 0 Å². The zero-order chi connectivity index (χ0) is 22.4. The monoisotopic (exact) mass is 440 g/mol. The fourth-order valence-electron chi connectivity index (χ4n) is 3.30. The van der Waals surface area contributed by atoms with Crippen LogP contribution in [0.3, 0.4) is 0 Å². The Morgan fingerprint density at radius 1 is 0.968 bits per heavy atom. The maximum absolute atomic E-state index is 12.9. The van der Waals surface area contributed by atoms with Gasteiger partial charge in [0.2, 0.25) is 5.75 Å². The number of phenolic OH excluding ortho intramolecular Hbond substituents is 1. The van der Waals surface area contributed by atoms with Crippen molar-refractivity contribution in [2.45, 2.75) is 0 Å². The summed E-state index contributed by atoms with van der Waals surface area (Å²) in [6.45, 7) is 0. The topological polar surface area (TPSA) is 156 Å². The van der Waals surface area contributed by atoms with Crippen molar-refractivity contribution < 1.29 is 24.5 Å². The second kappa shape index (κ2) is 7.15. The molecule has 0 fully saturated rings. The average molecular weight is 441 g/mol. The van der Waals surface area contributed by atoms with Gasteiger partial charge in [-0.25, -0.2) is 0 Å². The smallest absolute Gasteiger partial charge is 0.312 e. The molecule has 0 radical (unpaired) electrons. The Bertz CT molecular complexity index is 1350. The van der Waals surface area contributed by atoms with Gasteiger partial charge in [0.25, 0.3) is 17.5 Å². The molecule has 31 heavy (non-hydrogen) atoms. The predicted octanol–water partition coefficient (Wildman–Crippen LogP) is 3.65. The number of nitrogens with zero attached hydrogens (tertiary/aromatic N) is 4. The summed E-state index contributed by atoms with van der Waals surface area (Å²) in [5.74, 6) is -2.44. The van der Waals surface area contributed by atoms with Crippen LogP contribution in [0.25, 0.3) is 10.8 Å². The number of carbonyl (C=O) groups is 2. The predicted molar refractivity (Wildman–Crippen MR) is 108 cm³/mol. The fourth-order valence-corrected chi connectivity index (χ4v) is 3.52. The molecule has 0 aliphatic carbocycles. The molecule has 4 rings (SSSR count). The third kappa shape index (κ3) is 3.13. The Morgan fingerprint density at radius 2 is 1.61 bits per heavy atom. The zero-order valence-electron chi connectivity index (χ0n) is 15.2. The average Bonchev–Trinajstić information content (AvgIpc) is 2.73. The first-order valence-corrected chi connectivity index (χ1v) is 8.88. The van der Waals surface area contributed by atoms with Crippen molar-refractivity contribution >= 4 is 51.8 Å². The highest BCUT2D eigenvalue weighted by molar-refractivity contribution is 6.31. The maximum Gasteiger partial charge on any atom is 0.312 e. The SMILES string of the molecule is O=C1c2cccc3c([N+](=O)[O-])ccc(c23)C(=O)N1/N=C/c1cc(Cl)cc([N+](=O)[O-])c1O. The first-order valence-electron chi connectivity index (χ1n) is 8.50. The molecule has 0 saturated heterocycles. The van der Waals surface area contributed by atoms with E-state index in [0.717, 1.165) is 18.3 Å². The fraction of sp³-hybridized carbons (Fsp3) is 0. The number of amides is 2. The second-order valence-corrected chi connectivity index (χ2v) is 6.84. The van der Waals surface area contributed by atoms with Crippen molar-refractivity contribution in [1.29, 1.82) is 0 Å². The van der Waals surface area contributed by atoms with Crippen molar-refractivity contribution in [2.75, 3.05) is 0 Å². The molecule has 1 aliphatic heterocycles. The van der Waals surface area contributed by atoms with Gasteiger partial charge in [0, 0.05) is 28.1 Å². The van der Waals surface area contributed by atoms with Gasteiger partial charge in [-0.1, -0.05) is 17.7 Å². The van der Waals surface area contributed by atoms with E-state index in [9.17, 15) is 34.9 Å². The van der Waals surface area contributed by atoms with Gasteiger partial charge in [0.1, 0.15) is 0 Å². The third-order valence-electron chi connectivity index (χ3n) is 4.65. The van der Waals surface area contributed by atoms with Gasteiger partial charge in [-0.3, -0.25) is 29.8 Å². The molecule has 3 aromatic carbocycles. The second-order valence-electron chi connectivity index (χ2n) is 6.40. The number of hydrazone groups is 1. The van der Waals surface area contributed by atoms with E-state index in [-0.39, 0.29) is 38.2 Å². The number of non-ortho nitro benzene ring substituents is 1. The van der Waals surface area contributed by atoms with Gasteiger partial charge in [-0.05, 0) is 24.3 Å². The van der Waals surface area contributed by atoms with E-state index in [0.29, 0.717) is 5.01 Å². The molecule has 0 spiro atoms. The Kier molecular flexibility index (Phi) is 4.59. The highest BCUT2D eigenvalue weighted by Crippen LogP contribution is 2.36. The van der Waals surface area contributed by atoms with Gasteiger partial charge in [-0.2, -0.15) is 10.1 Å². The molecule has 154 valence electrons. The Morgan fingerprint density at radius 3 is 2.26 bits per heavy atom. The molecular weight excluding hydrogens is 432 g/mol. The molecule has 0 bridgehead atoms. The van der Waals surface area contributed by atoms with E-state index in [1.165, 1.54) is 30.3 Å². The summed E-state index contributed by atoms with van der Waals surface area (Å²) in [6, 6.07) is 8.76. The van der Waals surface area contributed by atoms with Gasteiger partial charge in [0.05, 0.1) is 32.6 Å². The zero-order valence-corrected chi connectivity index (χ0v) is 15.9. The number of benzene rings is 3. The number of hydrogen-bond donors (Lipinski definition) is 1. The molecule has 0 saturated carbocycles. The summed E-state index contributed by atoms with van der Waals surface area (Å²) >= 11 is 5.83. The number of nitro groups is 2. The number of halogens is 1. The number of nitro benzene ring substituents is 2. The van der Waals surface area contributed by atoms with Crippen molar-refractivity contribution in [3.05, 3.63) is 84.4 Å². The largest absolute Gasteiger partial charge is 0.502 e. The number of rotatable bonds is 4. The quantitative estimate of drug-likeness (QED) is 0.281. The van der Waals surface area contributed by atoms with E-state index in [1.807, 2.05) is 0 Å². The molecular formula is C19H9ClN4O7. The molecule has 11 nitrogen and oxygen atoms in total. The summed E-state index contributed by atoms with van der Waals surface area (Å²) in [5.41, 5.74) is -1.07. The lowest BCUT2D eigenvalue weighted by Gasteiger charge is -2.23. The Labute approximate surface area is 177 Å². The summed E-state index contributed by atoms with van der Waals surface area (Å²) in [7, 11) is 0. The van der Waals surface area contributed by atoms with Gasteiger partial charge in [-0.15, -0.1) is 0 Å². The van der Waals surface area contributed by atoms with Crippen molar-refractivity contribution in [3.63, 3.8) is 0 Å². The molecule has 0 unspecified atom stereocenters. The molecule has 3 aromatic rings. The van der Waals surface area contributed by atoms with Crippen molar-refractivity contribution in [2.24, 2.45) is 5.10 Å². The van der Waals surface area contributed by atoms with Crippen LogP contribution in [-0.4, -0.2) is 38.0 Å². The summed E-state index contributed by atoms with van der Waals surface area (Å²) in [5, 5.41) is 36.9. The number of hydrogen-bond acceptors (Lipinski definition) is 8. The lowest BCUT2D eigenvalue weighted by atomic mass is 9.94. The van der Waals surface area contributed by atoms with E-state index in [2.05, 4.69) is 5.10 Å². The highest BCUT2D eigenvalue weighted by atomic mass is 35.5. The normalized spacial score (nSPS) is 13.3. The molecule has 12 heteroatoms. The van der Waals surface area contributed by atoms with Gasteiger partial charge < -0.3 is 5.11 Å². The van der Waals surface area contributed by atoms with Crippen LogP contribution in [0.15, 0.2) is 47.6 Å². The minimum atomic E-state index is -0.851. The molecule has 2 amide bonds. The van der Waals surface area contributed by atoms with Crippen molar-refractivity contribution in [3.8, 4) is 5.75 Å². The Hall–Kier alpha value is -4.38. The van der Waals surface area contributed by atoms with Crippen LogP contribution in [0.2, 0.25) is 5.02 Å². The van der Waals surface area contributed by atoms with E-state index >= 15 is 0 Å². The van der Waals surface area contributed by atoms with Crippen LogP contribution in [0.4, 0.5) is 11.4 Å². The van der Waals surface area contributed by atoms with Crippen LogP contribution in [0.1, 0.15) is 26.3 Å². The molecule has 1 aliphatic rings. The number of carbonyl (C=O) groups excluding carboxylic acids is 2. The lowest BCUT2D eigenvalue weighted by molar-refractivity contribution is -0.385. The number of aromatic hydroxyl groups is 1. The van der Waals surface area contributed by atoms with Crippen LogP contribution in [0, 0.1) is 20.2 Å². The Balaban J connectivity index is 1.82. The minimum Gasteiger partial charge on any atom is -0.502 e. The van der Waals surface area contributed by atoms with Gasteiger partial charge >= 0.3 is 5.69 Å². The van der Waals surface area contributed by atoms with Crippen LogP contribution < -0.4 is 0 Å². The first kappa shape index (κ1) is 19.9. The standard InChI is InChI=1S/C19H9ClN4O7/c20-10-6-9(17(25)15(7-10)24(30)31)8-21-22-18(26)12-3-1-2-11-14(23(28)29)5-4-13(16(11)12)19(22)27/h1-8,25H/b21-8+. The number of imide groups is 1. The molecule has 0 atom stereocenters. The highest BCUT2D eigenvalue weighted by Gasteiger charge is 2.34. The third-order valence-corrected chi connectivity index (χ3v) is 4.87. The van der Waals surface area contributed by atoms with E-state index in [4.69, 9.17) is 11.6 Å². The summed E-state index contributed by atoms with van der Waals surface area (Å²) < 4.78 is 0. The molecule has 1 heterocycles. The van der Waals surface area contributed by atoms with Crippen molar-refractivity contribution in [1.82, 2.24) is 5.01 Å². The lowest BCUT2D eigenvalue weighted by Crippen LogP contribution is -2.36. The first-order chi connectivity index (χ1) is 14.7. The van der Waals surface area contributed by atoms with Gasteiger partial charge in [0.15, 0.2) is 0 Å². The summed E-state index contributed by atoms with van der Waals surface area (Å²) in [4.78, 5) is 46.6. The molecule has 1 N–H and O–H groups in total. The van der Waals surface area contributed by atoms with E-state index < -0.39 is 33.1 Å². The van der Waals surface area contributed by atoms with Crippen LogP contribution in [-0.2, 0) is 0 Å². The van der Waals surface area contributed by atoms with Crippen LogP contribution >= 0.6 is 11.6 Å². The summed E-state index contributed by atoms with van der Waals surface area (Å²) in [6.07, 6.45) is 0.889. The molecule has 0 aromatic heterocycles. The van der Waals surface area contributed by atoms with Crippen LogP contribution in [0.5, 0.6) is 5.75 Å².